The first-order valence-corrected chi connectivity index (χ1v) is 9.85. The van der Waals surface area contributed by atoms with Gasteiger partial charge in [0, 0.05) is 19.3 Å². The molecule has 2 amide bonds. The highest BCUT2D eigenvalue weighted by Crippen LogP contribution is 2.34. The summed E-state index contributed by atoms with van der Waals surface area (Å²) in [6.07, 6.45) is -0.801. The molecule has 30 heavy (non-hydrogen) atoms. The molecule has 0 aliphatic carbocycles. The average molecular weight is 404 g/mol. The first kappa shape index (κ1) is 19.7. The van der Waals surface area contributed by atoms with E-state index in [9.17, 15) is 9.59 Å². The third-order valence-electron chi connectivity index (χ3n) is 5.34. The maximum atomic E-state index is 13.5. The second kappa shape index (κ2) is 8.02. The van der Waals surface area contributed by atoms with Crippen LogP contribution >= 0.6 is 0 Å². The zero-order valence-electron chi connectivity index (χ0n) is 17.3. The molecule has 0 spiro atoms. The number of nitrogens with one attached hydrogen (secondary N) is 1. The molecule has 0 unspecified atom stereocenters. The van der Waals surface area contributed by atoms with Crippen LogP contribution in [0.15, 0.2) is 54.6 Å². The van der Waals surface area contributed by atoms with Crippen molar-refractivity contribution in [3.05, 3.63) is 77.1 Å². The minimum absolute atomic E-state index is 0.129. The molecule has 2 aromatic carbocycles. The van der Waals surface area contributed by atoms with Gasteiger partial charge in [-0.3, -0.25) is 14.3 Å². The summed E-state index contributed by atoms with van der Waals surface area (Å²) in [4.78, 5) is 27.9. The van der Waals surface area contributed by atoms with E-state index in [4.69, 9.17) is 4.74 Å². The molecule has 3 aromatic rings. The van der Waals surface area contributed by atoms with Crippen LogP contribution < -0.4 is 15.0 Å². The van der Waals surface area contributed by atoms with E-state index in [-0.39, 0.29) is 18.4 Å². The van der Waals surface area contributed by atoms with Gasteiger partial charge in [0.2, 0.25) is 0 Å². The van der Waals surface area contributed by atoms with E-state index in [0.29, 0.717) is 29.2 Å². The molecule has 0 bridgehead atoms. The molecule has 0 fully saturated rings. The Morgan fingerprint density at radius 1 is 1.10 bits per heavy atom. The molecule has 1 aliphatic rings. The van der Waals surface area contributed by atoms with E-state index >= 15 is 0 Å². The molecule has 2 heterocycles. The molecule has 0 radical (unpaired) electrons. The highest BCUT2D eigenvalue weighted by molar-refractivity contribution is 6.09. The number of aryl methyl sites for hydroxylation is 2. The normalized spacial score (nSPS) is 15.3. The van der Waals surface area contributed by atoms with Crippen molar-refractivity contribution in [2.24, 2.45) is 7.05 Å². The fourth-order valence-corrected chi connectivity index (χ4v) is 3.68. The van der Waals surface area contributed by atoms with Gasteiger partial charge in [-0.05, 0) is 31.5 Å². The fourth-order valence-electron chi connectivity index (χ4n) is 3.68. The van der Waals surface area contributed by atoms with Gasteiger partial charge >= 0.3 is 0 Å². The van der Waals surface area contributed by atoms with Crippen LogP contribution in [0.2, 0.25) is 0 Å². The van der Waals surface area contributed by atoms with Crippen LogP contribution in [0.4, 0.5) is 5.69 Å². The second-order valence-corrected chi connectivity index (χ2v) is 7.36. The first-order valence-electron chi connectivity index (χ1n) is 9.85. The number of para-hydroxylation sites is 2. The maximum absolute atomic E-state index is 13.5. The van der Waals surface area contributed by atoms with Crippen LogP contribution in [0.3, 0.4) is 0 Å². The fraction of sp³-hybridized carbons (Fsp3) is 0.261. The number of nitrogens with zero attached hydrogens (tertiary/aromatic N) is 3. The van der Waals surface area contributed by atoms with Gasteiger partial charge in [-0.2, -0.15) is 5.10 Å². The maximum Gasteiger partial charge on any atom is 0.263 e. The number of hydrogen-bond acceptors (Lipinski definition) is 4. The number of carbonyl (C=O) groups is 2. The predicted octanol–water partition coefficient (Wildman–Crippen LogP) is 2.76. The molecule has 0 saturated heterocycles. The number of fused-ring (bicyclic) bond motifs is 1. The Labute approximate surface area is 175 Å². The van der Waals surface area contributed by atoms with Gasteiger partial charge in [-0.15, -0.1) is 0 Å². The van der Waals surface area contributed by atoms with Crippen LogP contribution in [0.1, 0.15) is 27.3 Å². The Bertz CT molecular complexity index is 1090. The Balaban J connectivity index is 1.59. The second-order valence-electron chi connectivity index (χ2n) is 7.36. The van der Waals surface area contributed by atoms with Gasteiger partial charge in [0.05, 0.1) is 23.5 Å². The Hall–Kier alpha value is -3.61. The molecule has 7 heteroatoms. The lowest BCUT2D eigenvalue weighted by Gasteiger charge is -2.34. The van der Waals surface area contributed by atoms with Crippen molar-refractivity contribution in [2.45, 2.75) is 26.5 Å². The smallest absolute Gasteiger partial charge is 0.263 e. The highest BCUT2D eigenvalue weighted by Gasteiger charge is 2.35. The van der Waals surface area contributed by atoms with E-state index in [1.165, 1.54) is 0 Å². The monoisotopic (exact) mass is 404 g/mol. The van der Waals surface area contributed by atoms with Crippen LogP contribution in [-0.2, 0) is 18.4 Å². The standard InChI is InChI=1S/C23H24N4O3/c1-15-21(16(2)26(3)25-15)23(29)27-14-20(30-19-12-8-7-11-18(19)27)22(28)24-13-17-9-5-4-6-10-17/h4-12,20H,13-14H2,1-3H3,(H,24,28)/t20-/m0/s1. The van der Waals surface area contributed by atoms with Crippen molar-refractivity contribution >= 4 is 17.5 Å². The summed E-state index contributed by atoms with van der Waals surface area (Å²) in [6, 6.07) is 16.9. The lowest BCUT2D eigenvalue weighted by atomic mass is 10.1. The number of aromatic nitrogens is 2. The third kappa shape index (κ3) is 3.66. The molecular weight excluding hydrogens is 380 g/mol. The Morgan fingerprint density at radius 3 is 2.50 bits per heavy atom. The number of hydrogen-bond donors (Lipinski definition) is 1. The first-order chi connectivity index (χ1) is 14.5. The quantitative estimate of drug-likeness (QED) is 0.726. The van der Waals surface area contributed by atoms with Crippen molar-refractivity contribution in [3.63, 3.8) is 0 Å². The SMILES string of the molecule is Cc1nn(C)c(C)c1C(=O)N1C[C@@H](C(=O)NCc2ccccc2)Oc2ccccc21. The molecule has 1 aromatic heterocycles. The van der Waals surface area contributed by atoms with Gasteiger partial charge in [0.25, 0.3) is 11.8 Å². The van der Waals surface area contributed by atoms with Gasteiger partial charge in [0.1, 0.15) is 5.75 Å². The topological polar surface area (TPSA) is 76.5 Å². The van der Waals surface area contributed by atoms with E-state index in [1.54, 1.807) is 15.6 Å². The summed E-state index contributed by atoms with van der Waals surface area (Å²) >= 11 is 0. The summed E-state index contributed by atoms with van der Waals surface area (Å²) in [6.45, 7) is 4.21. The summed E-state index contributed by atoms with van der Waals surface area (Å²) in [5.74, 6) is 0.0663. The van der Waals surface area contributed by atoms with Crippen molar-refractivity contribution in [2.75, 3.05) is 11.4 Å². The summed E-state index contributed by atoms with van der Waals surface area (Å²) in [5.41, 5.74) is 3.65. The molecule has 1 N–H and O–H groups in total. The summed E-state index contributed by atoms with van der Waals surface area (Å²) in [5, 5.41) is 7.27. The summed E-state index contributed by atoms with van der Waals surface area (Å²) < 4.78 is 7.63. The molecular formula is C23H24N4O3. The van der Waals surface area contributed by atoms with Crippen LogP contribution in [0.5, 0.6) is 5.75 Å². The van der Waals surface area contributed by atoms with Gasteiger partial charge in [-0.1, -0.05) is 42.5 Å². The predicted molar refractivity (Wildman–Crippen MR) is 114 cm³/mol. The molecule has 1 atom stereocenters. The molecule has 1 aliphatic heterocycles. The van der Waals surface area contributed by atoms with Crippen molar-refractivity contribution in [1.29, 1.82) is 0 Å². The van der Waals surface area contributed by atoms with E-state index in [2.05, 4.69) is 10.4 Å². The Kier molecular flexibility index (Phi) is 5.27. The zero-order chi connectivity index (χ0) is 21.3. The number of amides is 2. The van der Waals surface area contributed by atoms with Crippen LogP contribution in [0.25, 0.3) is 0 Å². The number of benzene rings is 2. The number of anilines is 1. The largest absolute Gasteiger partial charge is 0.477 e. The lowest BCUT2D eigenvalue weighted by Crippen LogP contribution is -2.50. The average Bonchev–Trinajstić information content (AvgIpc) is 3.02. The number of ether oxygens (including phenoxy) is 1. The van der Waals surface area contributed by atoms with Crippen LogP contribution in [0, 0.1) is 13.8 Å². The van der Waals surface area contributed by atoms with Crippen molar-refractivity contribution < 1.29 is 14.3 Å². The number of rotatable bonds is 4. The van der Waals surface area contributed by atoms with E-state index < -0.39 is 6.10 Å². The summed E-state index contributed by atoms with van der Waals surface area (Å²) in [7, 11) is 1.81. The lowest BCUT2D eigenvalue weighted by molar-refractivity contribution is -0.127. The zero-order valence-corrected chi connectivity index (χ0v) is 17.3. The third-order valence-corrected chi connectivity index (χ3v) is 5.34. The van der Waals surface area contributed by atoms with Gasteiger partial charge in [0.15, 0.2) is 6.10 Å². The van der Waals surface area contributed by atoms with Gasteiger partial charge < -0.3 is 15.0 Å². The molecule has 0 saturated carbocycles. The van der Waals surface area contributed by atoms with E-state index in [0.717, 1.165) is 11.3 Å². The molecule has 7 nitrogen and oxygen atoms in total. The van der Waals surface area contributed by atoms with Crippen LogP contribution in [-0.4, -0.2) is 34.2 Å². The Morgan fingerprint density at radius 2 is 1.80 bits per heavy atom. The minimum Gasteiger partial charge on any atom is -0.477 e. The van der Waals surface area contributed by atoms with Gasteiger partial charge in [-0.25, -0.2) is 0 Å². The number of carbonyl (C=O) groups excluding carboxylic acids is 2. The van der Waals surface area contributed by atoms with E-state index in [1.807, 2.05) is 69.4 Å². The minimum atomic E-state index is -0.801. The van der Waals surface area contributed by atoms with Crippen molar-refractivity contribution in [3.8, 4) is 5.75 Å². The highest BCUT2D eigenvalue weighted by atomic mass is 16.5. The molecule has 4 rings (SSSR count). The van der Waals surface area contributed by atoms with Crippen molar-refractivity contribution in [1.82, 2.24) is 15.1 Å². The molecule has 154 valence electrons.